The Morgan fingerprint density at radius 1 is 1.05 bits per heavy atom. The van der Waals surface area contributed by atoms with Gasteiger partial charge < -0.3 is 0 Å². The lowest BCUT2D eigenvalue weighted by molar-refractivity contribution is 0.112. The van der Waals surface area contributed by atoms with Crippen molar-refractivity contribution in [3.63, 3.8) is 0 Å². The summed E-state index contributed by atoms with van der Waals surface area (Å²) in [5.74, 6) is 0. The molecular weight excluding hydrogens is 274 g/mol. The van der Waals surface area contributed by atoms with Crippen LogP contribution in [0.1, 0.15) is 21.5 Å². The first kappa shape index (κ1) is 14.3. The molecule has 0 aliphatic carbocycles. The largest absolute Gasteiger partial charge is 0.298 e. The number of carbonyl (C=O) groups is 1. The minimum Gasteiger partial charge on any atom is -0.298 e. The zero-order valence-electron chi connectivity index (χ0n) is 11.3. The SMILES string of the molecule is Cc1ccc(S(=O)(=O)Nc2cccc(C=O)c2)c(C)c1. The maximum Gasteiger partial charge on any atom is 0.262 e. The first-order valence-corrected chi connectivity index (χ1v) is 7.56. The summed E-state index contributed by atoms with van der Waals surface area (Å²) in [5.41, 5.74) is 2.48. The maximum absolute atomic E-state index is 12.3. The van der Waals surface area contributed by atoms with E-state index in [1.165, 1.54) is 6.07 Å². The van der Waals surface area contributed by atoms with Gasteiger partial charge in [-0.1, -0.05) is 29.8 Å². The van der Waals surface area contributed by atoms with Crippen molar-refractivity contribution >= 4 is 22.0 Å². The molecule has 0 fully saturated rings. The fraction of sp³-hybridized carbons (Fsp3) is 0.133. The van der Waals surface area contributed by atoms with Gasteiger partial charge in [-0.3, -0.25) is 9.52 Å². The topological polar surface area (TPSA) is 63.2 Å². The smallest absolute Gasteiger partial charge is 0.262 e. The van der Waals surface area contributed by atoms with Gasteiger partial charge in [0.2, 0.25) is 0 Å². The number of benzene rings is 2. The van der Waals surface area contributed by atoms with E-state index in [2.05, 4.69) is 4.72 Å². The lowest BCUT2D eigenvalue weighted by atomic mass is 10.2. The molecule has 2 aromatic carbocycles. The number of aldehydes is 1. The Kier molecular flexibility index (Phi) is 3.90. The fourth-order valence-electron chi connectivity index (χ4n) is 1.99. The molecule has 0 heterocycles. The van der Waals surface area contributed by atoms with Crippen LogP contribution in [0.15, 0.2) is 47.4 Å². The lowest BCUT2D eigenvalue weighted by Gasteiger charge is -2.11. The number of carbonyl (C=O) groups excluding carboxylic acids is 1. The van der Waals surface area contributed by atoms with Crippen molar-refractivity contribution in [2.45, 2.75) is 18.7 Å². The Bertz CT molecular complexity index is 751. The van der Waals surface area contributed by atoms with Crippen LogP contribution in [0.3, 0.4) is 0 Å². The van der Waals surface area contributed by atoms with E-state index < -0.39 is 10.0 Å². The maximum atomic E-state index is 12.3. The molecule has 0 atom stereocenters. The van der Waals surface area contributed by atoms with Crippen molar-refractivity contribution in [2.24, 2.45) is 0 Å². The molecule has 5 heteroatoms. The first-order valence-electron chi connectivity index (χ1n) is 6.08. The highest BCUT2D eigenvalue weighted by Gasteiger charge is 2.16. The molecule has 0 aliphatic rings. The van der Waals surface area contributed by atoms with Gasteiger partial charge in [0.05, 0.1) is 4.90 Å². The molecule has 4 nitrogen and oxygen atoms in total. The standard InChI is InChI=1S/C15H15NO3S/c1-11-6-7-15(12(2)8-11)20(18,19)16-14-5-3-4-13(9-14)10-17/h3-10,16H,1-2H3. The third-order valence-corrected chi connectivity index (χ3v) is 4.44. The molecule has 0 saturated heterocycles. The molecule has 0 unspecified atom stereocenters. The second-order valence-corrected chi connectivity index (χ2v) is 6.27. The average Bonchev–Trinajstić information content (AvgIpc) is 2.37. The highest BCUT2D eigenvalue weighted by Crippen LogP contribution is 2.20. The molecule has 0 amide bonds. The summed E-state index contributed by atoms with van der Waals surface area (Å²) in [6, 6.07) is 11.5. The van der Waals surface area contributed by atoms with Crippen LogP contribution in [0.2, 0.25) is 0 Å². The van der Waals surface area contributed by atoms with E-state index in [9.17, 15) is 13.2 Å². The van der Waals surface area contributed by atoms with Crippen molar-refractivity contribution < 1.29 is 13.2 Å². The Morgan fingerprint density at radius 2 is 1.80 bits per heavy atom. The number of rotatable bonds is 4. The van der Waals surface area contributed by atoms with Gasteiger partial charge in [-0.2, -0.15) is 0 Å². The Balaban J connectivity index is 2.37. The van der Waals surface area contributed by atoms with E-state index in [-0.39, 0.29) is 4.90 Å². The van der Waals surface area contributed by atoms with Crippen molar-refractivity contribution in [1.29, 1.82) is 0 Å². The van der Waals surface area contributed by atoms with E-state index in [0.717, 1.165) is 5.56 Å². The van der Waals surface area contributed by atoms with Gasteiger partial charge in [0.15, 0.2) is 0 Å². The monoisotopic (exact) mass is 289 g/mol. The van der Waals surface area contributed by atoms with Crippen LogP contribution in [0.5, 0.6) is 0 Å². The first-order chi connectivity index (χ1) is 9.42. The molecular formula is C15H15NO3S. The van der Waals surface area contributed by atoms with Crippen LogP contribution in [0, 0.1) is 13.8 Å². The molecule has 1 N–H and O–H groups in total. The molecule has 0 bridgehead atoms. The Hall–Kier alpha value is -2.14. The highest BCUT2D eigenvalue weighted by atomic mass is 32.2. The summed E-state index contributed by atoms with van der Waals surface area (Å²) in [5, 5.41) is 0. The second kappa shape index (κ2) is 5.46. The second-order valence-electron chi connectivity index (χ2n) is 4.62. The predicted molar refractivity (Wildman–Crippen MR) is 78.6 cm³/mol. The molecule has 2 aromatic rings. The molecule has 0 aromatic heterocycles. The van der Waals surface area contributed by atoms with Gasteiger partial charge in [-0.05, 0) is 37.6 Å². The van der Waals surface area contributed by atoms with Crippen molar-refractivity contribution in [1.82, 2.24) is 0 Å². The molecule has 20 heavy (non-hydrogen) atoms. The number of anilines is 1. The van der Waals surface area contributed by atoms with E-state index in [1.807, 2.05) is 13.0 Å². The number of aryl methyl sites for hydroxylation is 2. The van der Waals surface area contributed by atoms with Crippen LogP contribution in [-0.4, -0.2) is 14.7 Å². The number of hydrogen-bond donors (Lipinski definition) is 1. The minimum atomic E-state index is -3.65. The Morgan fingerprint density at radius 3 is 2.45 bits per heavy atom. The van der Waals surface area contributed by atoms with Gasteiger partial charge >= 0.3 is 0 Å². The molecule has 0 radical (unpaired) electrons. The van der Waals surface area contributed by atoms with Crippen LogP contribution in [0.25, 0.3) is 0 Å². The van der Waals surface area contributed by atoms with Crippen LogP contribution in [0.4, 0.5) is 5.69 Å². The number of sulfonamides is 1. The minimum absolute atomic E-state index is 0.236. The molecule has 2 rings (SSSR count). The third-order valence-electron chi connectivity index (χ3n) is 2.89. The summed E-state index contributed by atoms with van der Waals surface area (Å²) in [6.45, 7) is 3.66. The molecule has 0 saturated carbocycles. The zero-order chi connectivity index (χ0) is 14.8. The number of hydrogen-bond acceptors (Lipinski definition) is 3. The lowest BCUT2D eigenvalue weighted by Crippen LogP contribution is -2.14. The van der Waals surface area contributed by atoms with E-state index >= 15 is 0 Å². The molecule has 104 valence electrons. The third kappa shape index (κ3) is 3.05. The zero-order valence-corrected chi connectivity index (χ0v) is 12.1. The van der Waals surface area contributed by atoms with Gasteiger partial charge in [0.25, 0.3) is 10.0 Å². The fourth-order valence-corrected chi connectivity index (χ4v) is 3.26. The predicted octanol–water partition coefficient (Wildman–Crippen LogP) is 2.92. The van der Waals surface area contributed by atoms with Crippen molar-refractivity contribution in [3.8, 4) is 0 Å². The summed E-state index contributed by atoms with van der Waals surface area (Å²) < 4.78 is 27.2. The van der Waals surface area contributed by atoms with E-state index in [4.69, 9.17) is 0 Å². The molecule has 0 spiro atoms. The highest BCUT2D eigenvalue weighted by molar-refractivity contribution is 7.92. The normalized spacial score (nSPS) is 11.1. The van der Waals surface area contributed by atoms with E-state index in [1.54, 1.807) is 37.3 Å². The van der Waals surface area contributed by atoms with Crippen LogP contribution < -0.4 is 4.72 Å². The van der Waals surface area contributed by atoms with Gasteiger partial charge in [-0.15, -0.1) is 0 Å². The van der Waals surface area contributed by atoms with Crippen molar-refractivity contribution in [2.75, 3.05) is 4.72 Å². The van der Waals surface area contributed by atoms with Gasteiger partial charge in [-0.25, -0.2) is 8.42 Å². The van der Waals surface area contributed by atoms with Crippen LogP contribution >= 0.6 is 0 Å². The summed E-state index contributed by atoms with van der Waals surface area (Å²) in [4.78, 5) is 10.9. The van der Waals surface area contributed by atoms with Crippen LogP contribution in [-0.2, 0) is 10.0 Å². The van der Waals surface area contributed by atoms with Crippen molar-refractivity contribution in [3.05, 3.63) is 59.2 Å². The summed E-state index contributed by atoms with van der Waals surface area (Å²) in [7, 11) is -3.65. The van der Waals surface area contributed by atoms with Gasteiger partial charge in [0, 0.05) is 11.3 Å². The van der Waals surface area contributed by atoms with Gasteiger partial charge in [0.1, 0.15) is 6.29 Å². The summed E-state index contributed by atoms with van der Waals surface area (Å²) in [6.07, 6.45) is 0.676. The average molecular weight is 289 g/mol. The quantitative estimate of drug-likeness (QED) is 0.880. The number of nitrogens with one attached hydrogen (secondary N) is 1. The summed E-state index contributed by atoms with van der Waals surface area (Å²) >= 11 is 0. The van der Waals surface area contributed by atoms with E-state index in [0.29, 0.717) is 23.1 Å². The molecule has 0 aliphatic heterocycles. The Labute approximate surface area is 118 Å².